The molecule has 0 aliphatic rings. The summed E-state index contributed by atoms with van der Waals surface area (Å²) < 4.78 is 21.9. The zero-order valence-corrected chi connectivity index (χ0v) is 23.2. The molecule has 0 aliphatic heterocycles. The summed E-state index contributed by atoms with van der Waals surface area (Å²) in [5.74, 6) is 0.0662. The van der Waals surface area contributed by atoms with Crippen molar-refractivity contribution in [2.24, 2.45) is 9.98 Å². The number of benzene rings is 3. The molecule has 0 atom stereocenters. The molecule has 5 rings (SSSR count). The third-order valence-corrected chi connectivity index (χ3v) is 6.47. The molecular weight excluding hydrogens is 562 g/mol. The summed E-state index contributed by atoms with van der Waals surface area (Å²) in [7, 11) is 2.62. The molecule has 0 amide bonds. The number of aryl methyl sites for hydroxylation is 2. The Balaban J connectivity index is 1.66. The second kappa shape index (κ2) is 11.1. The van der Waals surface area contributed by atoms with E-state index in [0.717, 1.165) is 6.07 Å². The predicted octanol–water partition coefficient (Wildman–Crippen LogP) is 5.35. The smallest absolute Gasteiger partial charge is 0.271 e. The van der Waals surface area contributed by atoms with Crippen LogP contribution in [0.2, 0.25) is 0 Å². The van der Waals surface area contributed by atoms with Gasteiger partial charge in [-0.1, -0.05) is 0 Å². The minimum Gasteiger partial charge on any atom is -0.507 e. The van der Waals surface area contributed by atoms with E-state index in [1.165, 1.54) is 63.0 Å². The lowest BCUT2D eigenvalue weighted by Crippen LogP contribution is -2.05. The lowest BCUT2D eigenvalue weighted by Gasteiger charge is -2.11. The van der Waals surface area contributed by atoms with E-state index in [0.29, 0.717) is 11.5 Å². The standard InChI is InChI=1S/C30H23N3O10/c1-14-7-23(36)27-25(42-14)10-21(34)17(29(27)40-3)12-31-19-6-5-16(33(38)39)9-20(19)32-13-18-22(35)11-26-28(30(18)41-4)24(37)8-15(2)43-26/h5-13,34-35H,1-4H3. The van der Waals surface area contributed by atoms with Crippen LogP contribution in [0.3, 0.4) is 0 Å². The van der Waals surface area contributed by atoms with Gasteiger partial charge in [-0.15, -0.1) is 0 Å². The first-order valence-electron chi connectivity index (χ1n) is 12.6. The molecule has 0 radical (unpaired) electrons. The van der Waals surface area contributed by atoms with Gasteiger partial charge in [0.25, 0.3) is 5.69 Å². The Morgan fingerprint density at radius 3 is 1.67 bits per heavy atom. The second-order valence-electron chi connectivity index (χ2n) is 9.32. The molecule has 218 valence electrons. The molecule has 0 saturated heterocycles. The number of phenols is 2. The van der Waals surface area contributed by atoms with E-state index in [1.54, 1.807) is 13.8 Å². The number of nitrogens with zero attached hydrogens (tertiary/aromatic N) is 3. The lowest BCUT2D eigenvalue weighted by molar-refractivity contribution is -0.384. The molecule has 2 aromatic heterocycles. The average molecular weight is 586 g/mol. The monoisotopic (exact) mass is 585 g/mol. The first-order valence-corrected chi connectivity index (χ1v) is 12.6. The highest BCUT2D eigenvalue weighted by atomic mass is 16.6. The molecule has 0 saturated carbocycles. The Bertz CT molecular complexity index is 2130. The van der Waals surface area contributed by atoms with Gasteiger partial charge in [-0.3, -0.25) is 29.7 Å². The number of nitro groups is 1. The largest absolute Gasteiger partial charge is 0.507 e. The lowest BCUT2D eigenvalue weighted by atomic mass is 10.1. The molecule has 0 unspecified atom stereocenters. The molecule has 13 heteroatoms. The highest BCUT2D eigenvalue weighted by Crippen LogP contribution is 2.38. The molecule has 0 bridgehead atoms. The highest BCUT2D eigenvalue weighted by molar-refractivity contribution is 6.01. The Hall–Kier alpha value is -5.98. The number of aliphatic imine (C=N–C) groups is 2. The summed E-state index contributed by atoms with van der Waals surface area (Å²) in [6.07, 6.45) is 2.39. The van der Waals surface area contributed by atoms with Crippen LogP contribution in [-0.4, -0.2) is 41.8 Å². The van der Waals surface area contributed by atoms with E-state index in [1.807, 2.05) is 0 Å². The maximum absolute atomic E-state index is 12.7. The first-order chi connectivity index (χ1) is 20.5. The van der Waals surface area contributed by atoms with Crippen molar-refractivity contribution in [2.75, 3.05) is 14.2 Å². The minimum atomic E-state index is -0.617. The number of phenolic OH excluding ortho intramolecular Hbond substituents is 2. The van der Waals surface area contributed by atoms with Crippen LogP contribution in [0.4, 0.5) is 17.1 Å². The zero-order valence-electron chi connectivity index (χ0n) is 23.2. The number of methoxy groups -OCH3 is 2. The number of aromatic hydroxyl groups is 2. The molecule has 0 spiro atoms. The van der Waals surface area contributed by atoms with Crippen LogP contribution in [0.25, 0.3) is 21.9 Å². The topological polar surface area (TPSA) is 187 Å². The molecule has 5 aromatic rings. The fraction of sp³-hybridized carbons (Fsp3) is 0.133. The summed E-state index contributed by atoms with van der Waals surface area (Å²) in [4.78, 5) is 45.0. The third kappa shape index (κ3) is 5.26. The van der Waals surface area contributed by atoms with Gasteiger partial charge in [-0.25, -0.2) is 0 Å². The third-order valence-electron chi connectivity index (χ3n) is 6.47. The summed E-state index contributed by atoms with van der Waals surface area (Å²) >= 11 is 0. The number of fused-ring (bicyclic) bond motifs is 2. The summed E-state index contributed by atoms with van der Waals surface area (Å²) in [5.41, 5.74) is -0.685. The van der Waals surface area contributed by atoms with Gasteiger partial charge in [0.2, 0.25) is 0 Å². The molecule has 2 heterocycles. The maximum atomic E-state index is 12.7. The van der Waals surface area contributed by atoms with Crippen LogP contribution in [0, 0.1) is 24.0 Å². The van der Waals surface area contributed by atoms with Gasteiger partial charge < -0.3 is 28.5 Å². The molecule has 43 heavy (non-hydrogen) atoms. The zero-order chi connectivity index (χ0) is 31.0. The van der Waals surface area contributed by atoms with Crippen molar-refractivity contribution >= 4 is 51.4 Å². The van der Waals surface area contributed by atoms with Crippen molar-refractivity contribution in [3.8, 4) is 23.0 Å². The Labute approximate surface area is 241 Å². The van der Waals surface area contributed by atoms with Gasteiger partial charge >= 0.3 is 0 Å². The second-order valence-corrected chi connectivity index (χ2v) is 9.32. The normalized spacial score (nSPS) is 11.6. The molecular formula is C30H23N3O10. The first kappa shape index (κ1) is 28.5. The van der Waals surface area contributed by atoms with E-state index in [2.05, 4.69) is 9.98 Å². The van der Waals surface area contributed by atoms with Crippen LogP contribution >= 0.6 is 0 Å². The fourth-order valence-corrected chi connectivity index (χ4v) is 4.60. The van der Waals surface area contributed by atoms with Gasteiger partial charge in [0.05, 0.1) is 41.6 Å². The molecule has 0 fully saturated rings. The van der Waals surface area contributed by atoms with Crippen LogP contribution in [0.5, 0.6) is 23.0 Å². The van der Waals surface area contributed by atoms with Crippen LogP contribution in [0.1, 0.15) is 22.6 Å². The highest BCUT2D eigenvalue weighted by Gasteiger charge is 2.19. The molecule has 0 aliphatic carbocycles. The van der Waals surface area contributed by atoms with E-state index < -0.39 is 10.4 Å². The van der Waals surface area contributed by atoms with E-state index in [-0.39, 0.29) is 78.6 Å². The summed E-state index contributed by atoms with van der Waals surface area (Å²) in [6, 6.07) is 8.76. The Morgan fingerprint density at radius 2 is 1.23 bits per heavy atom. The SMILES string of the molecule is COc1c(C=Nc2ccc([N+](=O)[O-])cc2N=Cc2c(O)cc3oc(C)cc(=O)c3c2OC)c(O)cc2oc(C)cc(=O)c12. The molecule has 3 aromatic carbocycles. The number of nitro benzene ring substituents is 1. The Kier molecular flexibility index (Phi) is 7.38. The number of rotatable bonds is 7. The Morgan fingerprint density at radius 1 is 0.767 bits per heavy atom. The predicted molar refractivity (Wildman–Crippen MR) is 158 cm³/mol. The van der Waals surface area contributed by atoms with Crippen LogP contribution in [-0.2, 0) is 0 Å². The number of hydrogen-bond donors (Lipinski definition) is 2. The van der Waals surface area contributed by atoms with E-state index in [9.17, 15) is 29.9 Å². The quantitative estimate of drug-likeness (QED) is 0.143. The van der Waals surface area contributed by atoms with Gasteiger partial charge in [-0.2, -0.15) is 0 Å². The summed E-state index contributed by atoms with van der Waals surface area (Å²) in [5, 5.41) is 33.1. The van der Waals surface area contributed by atoms with Gasteiger partial charge in [0.15, 0.2) is 10.9 Å². The van der Waals surface area contributed by atoms with Crippen molar-refractivity contribution in [3.05, 3.63) is 95.7 Å². The van der Waals surface area contributed by atoms with Crippen LogP contribution in [0.15, 0.2) is 70.9 Å². The van der Waals surface area contributed by atoms with Crippen molar-refractivity contribution in [3.63, 3.8) is 0 Å². The van der Waals surface area contributed by atoms with E-state index >= 15 is 0 Å². The molecule has 13 nitrogen and oxygen atoms in total. The number of hydrogen-bond acceptors (Lipinski definition) is 12. The van der Waals surface area contributed by atoms with Gasteiger partial charge in [-0.05, 0) is 19.9 Å². The van der Waals surface area contributed by atoms with Crippen molar-refractivity contribution < 1.29 is 33.4 Å². The summed E-state index contributed by atoms with van der Waals surface area (Å²) in [6.45, 7) is 3.19. The van der Waals surface area contributed by atoms with Crippen molar-refractivity contribution in [1.29, 1.82) is 0 Å². The van der Waals surface area contributed by atoms with Crippen molar-refractivity contribution in [1.82, 2.24) is 0 Å². The van der Waals surface area contributed by atoms with E-state index in [4.69, 9.17) is 18.3 Å². The number of ether oxygens (including phenoxy) is 2. The van der Waals surface area contributed by atoms with Gasteiger partial charge in [0.1, 0.15) is 56.5 Å². The minimum absolute atomic E-state index is 0.00248. The van der Waals surface area contributed by atoms with Crippen LogP contribution < -0.4 is 20.3 Å². The average Bonchev–Trinajstić information content (AvgIpc) is 2.94. The fourth-order valence-electron chi connectivity index (χ4n) is 4.60. The van der Waals surface area contributed by atoms with Gasteiger partial charge in [0, 0.05) is 48.8 Å². The molecule has 2 N–H and O–H groups in total. The van der Waals surface area contributed by atoms with Crippen molar-refractivity contribution in [2.45, 2.75) is 13.8 Å². The maximum Gasteiger partial charge on any atom is 0.271 e. The number of non-ortho nitro benzene ring substituents is 1.